The predicted octanol–water partition coefficient (Wildman–Crippen LogP) is 1.26. The minimum absolute atomic E-state index is 0.132. The van der Waals surface area contributed by atoms with Gasteiger partial charge in [0.05, 0.1) is 0 Å². The number of carbonyl (C=O) groups excluding carboxylic acids is 2. The maximum atomic E-state index is 12.7. The summed E-state index contributed by atoms with van der Waals surface area (Å²) in [6.07, 6.45) is 1.71. The zero-order valence-corrected chi connectivity index (χ0v) is 16.2. The molecule has 0 amide bonds. The van der Waals surface area contributed by atoms with E-state index < -0.39 is 47.1 Å². The fraction of sp³-hybridized carbons (Fsp3) is 0.722. The van der Waals surface area contributed by atoms with Gasteiger partial charge in [0.15, 0.2) is 0 Å². The molecule has 0 aliphatic carbocycles. The second kappa shape index (κ2) is 7.00. The van der Waals surface area contributed by atoms with Crippen molar-refractivity contribution in [1.29, 1.82) is 0 Å². The molecule has 2 aliphatic rings. The summed E-state index contributed by atoms with van der Waals surface area (Å²) in [7, 11) is 0. The lowest BCUT2D eigenvalue weighted by atomic mass is 9.80. The molecule has 2 rings (SSSR count). The molecule has 2 bridgehead atoms. The van der Waals surface area contributed by atoms with Crippen LogP contribution in [-0.2, 0) is 23.9 Å². The Kier molecular flexibility index (Phi) is 5.49. The van der Waals surface area contributed by atoms with Crippen LogP contribution in [0, 0.1) is 5.92 Å². The highest BCUT2D eigenvalue weighted by atomic mass is 16.6. The van der Waals surface area contributed by atoms with Crippen LogP contribution in [0.3, 0.4) is 0 Å². The maximum absolute atomic E-state index is 12.7. The Bertz CT molecular complexity index is 629. The van der Waals surface area contributed by atoms with Gasteiger partial charge in [-0.1, -0.05) is 6.08 Å². The molecule has 1 fully saturated rings. The van der Waals surface area contributed by atoms with Gasteiger partial charge in [-0.15, -0.1) is 0 Å². The smallest absolute Gasteiger partial charge is 0.331 e. The summed E-state index contributed by atoms with van der Waals surface area (Å²) >= 11 is 0. The maximum Gasteiger partial charge on any atom is 0.331 e. The van der Waals surface area contributed by atoms with E-state index in [-0.39, 0.29) is 18.5 Å². The molecule has 2 aliphatic heterocycles. The van der Waals surface area contributed by atoms with Crippen molar-refractivity contribution in [2.45, 2.75) is 71.2 Å². The minimum atomic E-state index is -1.09. The van der Waals surface area contributed by atoms with Gasteiger partial charge < -0.3 is 14.6 Å². The van der Waals surface area contributed by atoms with Crippen molar-refractivity contribution in [2.75, 3.05) is 6.54 Å². The van der Waals surface area contributed by atoms with Crippen LogP contribution in [0.15, 0.2) is 11.6 Å². The summed E-state index contributed by atoms with van der Waals surface area (Å²) in [6.45, 7) is 10.7. The molecule has 0 aromatic carbocycles. The highest BCUT2D eigenvalue weighted by molar-refractivity contribution is 5.91. The van der Waals surface area contributed by atoms with Crippen LogP contribution in [0.5, 0.6) is 0 Å². The highest BCUT2D eigenvalue weighted by Gasteiger charge is 2.49. The number of ether oxygens (including phenoxy) is 2. The van der Waals surface area contributed by atoms with Crippen LogP contribution in [0.4, 0.5) is 0 Å². The van der Waals surface area contributed by atoms with E-state index in [1.807, 2.05) is 0 Å². The second-order valence-electron chi connectivity index (χ2n) is 8.65. The van der Waals surface area contributed by atoms with E-state index in [9.17, 15) is 19.5 Å². The molecule has 8 nitrogen and oxygen atoms in total. The number of carboxylic acids is 1. The SMILES string of the molecule is CC(C)(C)OC(=O)C1CC2C(C(=O)O)=CCN(N1)C2C(=O)OC(C)(C)C. The summed E-state index contributed by atoms with van der Waals surface area (Å²) in [5, 5.41) is 11.1. The third-order valence-corrected chi connectivity index (χ3v) is 4.02. The van der Waals surface area contributed by atoms with Gasteiger partial charge in [0.25, 0.3) is 0 Å². The second-order valence-corrected chi connectivity index (χ2v) is 8.65. The molecule has 4 atom stereocenters. The van der Waals surface area contributed by atoms with Crippen LogP contribution in [0.25, 0.3) is 0 Å². The third-order valence-electron chi connectivity index (χ3n) is 4.02. The van der Waals surface area contributed by atoms with Gasteiger partial charge in [-0.05, 0) is 48.0 Å². The average Bonchev–Trinajstić information content (AvgIpc) is 2.41. The van der Waals surface area contributed by atoms with Crippen LogP contribution in [-0.4, -0.2) is 57.9 Å². The minimum Gasteiger partial charge on any atom is -0.478 e. The molecule has 0 aromatic heterocycles. The van der Waals surface area contributed by atoms with Gasteiger partial charge in [-0.2, -0.15) is 0 Å². The van der Waals surface area contributed by atoms with Crippen molar-refractivity contribution >= 4 is 17.9 Å². The summed E-state index contributed by atoms with van der Waals surface area (Å²) < 4.78 is 10.9. The zero-order valence-electron chi connectivity index (χ0n) is 16.2. The molecule has 0 spiro atoms. The molecule has 0 saturated carbocycles. The number of carboxylic acid groups (broad SMARTS) is 1. The van der Waals surface area contributed by atoms with E-state index in [4.69, 9.17) is 9.47 Å². The van der Waals surface area contributed by atoms with Gasteiger partial charge in [0, 0.05) is 18.0 Å². The average molecular weight is 368 g/mol. The van der Waals surface area contributed by atoms with E-state index >= 15 is 0 Å². The normalized spacial score (nSPS) is 28.8. The van der Waals surface area contributed by atoms with Gasteiger partial charge in [-0.25, -0.2) is 15.2 Å². The number of hydrogen-bond acceptors (Lipinski definition) is 7. The fourth-order valence-electron chi connectivity index (χ4n) is 3.17. The molecule has 146 valence electrons. The van der Waals surface area contributed by atoms with Gasteiger partial charge in [0.1, 0.15) is 23.3 Å². The van der Waals surface area contributed by atoms with Crippen LogP contribution in [0.2, 0.25) is 0 Å². The Labute approximate surface area is 153 Å². The first kappa shape index (κ1) is 20.4. The molecular formula is C18H28N2O6. The molecular weight excluding hydrogens is 340 g/mol. The summed E-state index contributed by atoms with van der Waals surface area (Å²) in [6, 6.07) is -1.52. The molecule has 2 N–H and O–H groups in total. The summed E-state index contributed by atoms with van der Waals surface area (Å²) in [5.41, 5.74) is 1.79. The number of nitrogens with one attached hydrogen (secondary N) is 1. The van der Waals surface area contributed by atoms with E-state index in [0.29, 0.717) is 0 Å². The Hall–Kier alpha value is -1.93. The van der Waals surface area contributed by atoms with Crippen LogP contribution in [0.1, 0.15) is 48.0 Å². The van der Waals surface area contributed by atoms with Gasteiger partial charge >= 0.3 is 17.9 Å². The van der Waals surface area contributed by atoms with Gasteiger partial charge in [-0.3, -0.25) is 9.59 Å². The van der Waals surface area contributed by atoms with Crippen molar-refractivity contribution in [3.63, 3.8) is 0 Å². The number of aliphatic carboxylic acids is 1. The first-order valence-corrected chi connectivity index (χ1v) is 8.70. The molecule has 26 heavy (non-hydrogen) atoms. The van der Waals surface area contributed by atoms with Gasteiger partial charge in [0.2, 0.25) is 0 Å². The summed E-state index contributed by atoms with van der Waals surface area (Å²) in [5.74, 6) is -2.73. The van der Waals surface area contributed by atoms with E-state index in [2.05, 4.69) is 5.43 Å². The first-order valence-electron chi connectivity index (χ1n) is 8.70. The van der Waals surface area contributed by atoms with Crippen molar-refractivity contribution in [2.24, 2.45) is 5.92 Å². The van der Waals surface area contributed by atoms with Crippen molar-refractivity contribution in [3.05, 3.63) is 11.6 Å². The standard InChI is InChI=1S/C18H28N2O6/c1-17(2,3)25-15(23)12-9-11-10(14(21)22)7-8-20(19-12)13(11)16(24)26-18(4,5)6/h7,11-13,19H,8-9H2,1-6H3,(H,21,22). The van der Waals surface area contributed by atoms with E-state index in [1.54, 1.807) is 52.6 Å². The molecule has 1 saturated heterocycles. The lowest BCUT2D eigenvalue weighted by molar-refractivity contribution is -0.175. The Morgan fingerprint density at radius 3 is 2.12 bits per heavy atom. The number of hydrazine groups is 1. The molecule has 0 aromatic rings. The van der Waals surface area contributed by atoms with Crippen molar-refractivity contribution in [3.8, 4) is 0 Å². The lowest BCUT2D eigenvalue weighted by Gasteiger charge is -2.46. The lowest BCUT2D eigenvalue weighted by Crippen LogP contribution is -2.66. The number of esters is 2. The zero-order chi connectivity index (χ0) is 19.9. The Morgan fingerprint density at radius 2 is 1.62 bits per heavy atom. The number of nitrogens with zero attached hydrogens (tertiary/aromatic N) is 1. The highest BCUT2D eigenvalue weighted by Crippen LogP contribution is 2.34. The molecule has 2 heterocycles. The predicted molar refractivity (Wildman–Crippen MR) is 92.9 cm³/mol. The molecule has 4 unspecified atom stereocenters. The Balaban J connectivity index is 2.27. The molecule has 8 heteroatoms. The van der Waals surface area contributed by atoms with E-state index in [1.165, 1.54) is 0 Å². The number of fused-ring (bicyclic) bond motifs is 2. The fourth-order valence-corrected chi connectivity index (χ4v) is 3.17. The number of rotatable bonds is 3. The largest absolute Gasteiger partial charge is 0.478 e. The number of carbonyl (C=O) groups is 3. The molecule has 0 radical (unpaired) electrons. The topological polar surface area (TPSA) is 105 Å². The number of hydrogen-bond donors (Lipinski definition) is 2. The van der Waals surface area contributed by atoms with Crippen molar-refractivity contribution < 1.29 is 29.0 Å². The quantitative estimate of drug-likeness (QED) is 0.717. The van der Waals surface area contributed by atoms with Crippen LogP contribution < -0.4 is 5.43 Å². The monoisotopic (exact) mass is 368 g/mol. The van der Waals surface area contributed by atoms with Crippen LogP contribution >= 0.6 is 0 Å². The Morgan fingerprint density at radius 1 is 1.08 bits per heavy atom. The first-order chi connectivity index (χ1) is 11.8. The van der Waals surface area contributed by atoms with E-state index in [0.717, 1.165) is 0 Å². The summed E-state index contributed by atoms with van der Waals surface area (Å²) in [4.78, 5) is 36.7. The van der Waals surface area contributed by atoms with Crippen molar-refractivity contribution in [1.82, 2.24) is 10.4 Å². The third kappa shape index (κ3) is 4.82.